The largest absolute Gasteiger partial charge is 0.496 e. The first-order valence-corrected chi connectivity index (χ1v) is 8.39. The van der Waals surface area contributed by atoms with E-state index in [1.165, 1.54) is 25.7 Å². The molecule has 1 N–H and O–H groups in total. The SMILES string of the molecule is COc1cc(OC)c(OC)cc1CN(C)C1CC2CCC(C1)N2. The van der Waals surface area contributed by atoms with Crippen LogP contribution in [0.15, 0.2) is 12.1 Å². The first kappa shape index (κ1) is 16.4. The van der Waals surface area contributed by atoms with Crippen molar-refractivity contribution in [2.24, 2.45) is 0 Å². The van der Waals surface area contributed by atoms with E-state index in [1.54, 1.807) is 21.3 Å². The fraction of sp³-hybridized carbons (Fsp3) is 0.667. The van der Waals surface area contributed by atoms with Crippen molar-refractivity contribution in [3.63, 3.8) is 0 Å². The smallest absolute Gasteiger partial charge is 0.164 e. The maximum absolute atomic E-state index is 5.56. The molecule has 2 saturated heterocycles. The standard InChI is InChI=1S/C18H28N2O3/c1-20(15-8-13-5-6-14(9-15)19-13)11-12-7-17(22-3)18(23-4)10-16(12)21-2/h7,10,13-15,19H,5-6,8-9,11H2,1-4H3. The highest BCUT2D eigenvalue weighted by Gasteiger charge is 2.35. The van der Waals surface area contributed by atoms with E-state index in [0.29, 0.717) is 23.9 Å². The van der Waals surface area contributed by atoms with Crippen LogP contribution in [-0.4, -0.2) is 51.4 Å². The number of rotatable bonds is 6. The number of hydrogen-bond acceptors (Lipinski definition) is 5. The summed E-state index contributed by atoms with van der Waals surface area (Å²) in [6.45, 7) is 0.855. The van der Waals surface area contributed by atoms with Gasteiger partial charge in [0.25, 0.3) is 0 Å². The molecule has 128 valence electrons. The molecule has 0 radical (unpaired) electrons. The first-order valence-electron chi connectivity index (χ1n) is 8.39. The summed E-state index contributed by atoms with van der Waals surface area (Å²) >= 11 is 0. The Labute approximate surface area is 138 Å². The van der Waals surface area contributed by atoms with Gasteiger partial charge in [-0.25, -0.2) is 0 Å². The fourth-order valence-electron chi connectivity index (χ4n) is 4.00. The van der Waals surface area contributed by atoms with Gasteiger partial charge in [0.15, 0.2) is 11.5 Å². The number of benzene rings is 1. The second-order valence-corrected chi connectivity index (χ2v) is 6.70. The van der Waals surface area contributed by atoms with Crippen LogP contribution in [0, 0.1) is 0 Å². The molecule has 0 amide bonds. The van der Waals surface area contributed by atoms with Crippen LogP contribution >= 0.6 is 0 Å². The minimum atomic E-state index is 0.631. The number of methoxy groups -OCH3 is 3. The molecule has 2 heterocycles. The van der Waals surface area contributed by atoms with Gasteiger partial charge >= 0.3 is 0 Å². The normalized spacial score (nSPS) is 26.4. The number of nitrogens with one attached hydrogen (secondary N) is 1. The number of ether oxygens (including phenoxy) is 3. The summed E-state index contributed by atoms with van der Waals surface area (Å²) in [5.41, 5.74) is 1.14. The van der Waals surface area contributed by atoms with Crippen LogP contribution in [-0.2, 0) is 6.54 Å². The van der Waals surface area contributed by atoms with Gasteiger partial charge in [0.05, 0.1) is 21.3 Å². The van der Waals surface area contributed by atoms with E-state index in [4.69, 9.17) is 14.2 Å². The average molecular weight is 320 g/mol. The van der Waals surface area contributed by atoms with Gasteiger partial charge in [-0.15, -0.1) is 0 Å². The molecule has 2 fully saturated rings. The van der Waals surface area contributed by atoms with Crippen molar-refractivity contribution in [2.75, 3.05) is 28.4 Å². The number of fused-ring (bicyclic) bond motifs is 2. The number of nitrogens with zero attached hydrogens (tertiary/aromatic N) is 1. The van der Waals surface area contributed by atoms with Gasteiger partial charge in [0.2, 0.25) is 0 Å². The van der Waals surface area contributed by atoms with Crippen LogP contribution in [0.1, 0.15) is 31.2 Å². The first-order chi connectivity index (χ1) is 11.1. The lowest BCUT2D eigenvalue weighted by Gasteiger charge is -2.35. The monoisotopic (exact) mass is 320 g/mol. The third-order valence-corrected chi connectivity index (χ3v) is 5.28. The van der Waals surface area contributed by atoms with Crippen molar-refractivity contribution in [3.05, 3.63) is 17.7 Å². The number of hydrogen-bond donors (Lipinski definition) is 1. The van der Waals surface area contributed by atoms with Gasteiger partial charge in [-0.3, -0.25) is 4.90 Å². The molecule has 1 aromatic carbocycles. The molecule has 3 rings (SSSR count). The Balaban J connectivity index is 1.75. The average Bonchev–Trinajstić information content (AvgIpc) is 2.92. The molecule has 2 aliphatic heterocycles. The van der Waals surface area contributed by atoms with Crippen LogP contribution in [0.3, 0.4) is 0 Å². The Kier molecular flexibility index (Phi) is 4.97. The second-order valence-electron chi connectivity index (χ2n) is 6.70. The molecule has 2 aliphatic rings. The highest BCUT2D eigenvalue weighted by molar-refractivity contribution is 5.50. The molecule has 2 bridgehead atoms. The maximum Gasteiger partial charge on any atom is 0.164 e. The van der Waals surface area contributed by atoms with Crippen LogP contribution in [0.5, 0.6) is 17.2 Å². The van der Waals surface area contributed by atoms with E-state index in [1.807, 2.05) is 12.1 Å². The zero-order valence-corrected chi connectivity index (χ0v) is 14.6. The highest BCUT2D eigenvalue weighted by Crippen LogP contribution is 2.36. The van der Waals surface area contributed by atoms with E-state index in [-0.39, 0.29) is 0 Å². The second kappa shape index (κ2) is 6.97. The van der Waals surface area contributed by atoms with E-state index in [2.05, 4.69) is 17.3 Å². The highest BCUT2D eigenvalue weighted by atomic mass is 16.5. The van der Waals surface area contributed by atoms with Gasteiger partial charge in [-0.1, -0.05) is 0 Å². The Morgan fingerprint density at radius 2 is 1.52 bits per heavy atom. The molecule has 0 spiro atoms. The third kappa shape index (κ3) is 3.40. The summed E-state index contributed by atoms with van der Waals surface area (Å²) in [4.78, 5) is 2.45. The Bertz CT molecular complexity index is 537. The number of piperidine rings is 1. The van der Waals surface area contributed by atoms with Crippen molar-refractivity contribution >= 4 is 0 Å². The molecule has 23 heavy (non-hydrogen) atoms. The van der Waals surface area contributed by atoms with E-state index in [0.717, 1.165) is 23.6 Å². The van der Waals surface area contributed by atoms with Crippen LogP contribution in [0.25, 0.3) is 0 Å². The molecule has 1 aromatic rings. The van der Waals surface area contributed by atoms with E-state index in [9.17, 15) is 0 Å². The topological polar surface area (TPSA) is 43.0 Å². The maximum atomic E-state index is 5.56. The predicted octanol–water partition coefficient (Wildman–Crippen LogP) is 2.43. The van der Waals surface area contributed by atoms with E-state index >= 15 is 0 Å². The van der Waals surface area contributed by atoms with E-state index < -0.39 is 0 Å². The van der Waals surface area contributed by atoms with Gasteiger partial charge in [0.1, 0.15) is 5.75 Å². The lowest BCUT2D eigenvalue weighted by molar-refractivity contribution is 0.164. The van der Waals surface area contributed by atoms with Gasteiger partial charge in [-0.2, -0.15) is 0 Å². The summed E-state index contributed by atoms with van der Waals surface area (Å²) < 4.78 is 16.4. The predicted molar refractivity (Wildman–Crippen MR) is 90.5 cm³/mol. The Hall–Kier alpha value is -1.46. The van der Waals surface area contributed by atoms with Crippen LogP contribution in [0.4, 0.5) is 0 Å². The molecule has 2 atom stereocenters. The zero-order valence-electron chi connectivity index (χ0n) is 14.6. The molecule has 0 aliphatic carbocycles. The molecular weight excluding hydrogens is 292 g/mol. The van der Waals surface area contributed by atoms with Crippen molar-refractivity contribution in [1.29, 1.82) is 0 Å². The van der Waals surface area contributed by atoms with Crippen LogP contribution in [0.2, 0.25) is 0 Å². The molecule has 0 aromatic heterocycles. The fourth-order valence-corrected chi connectivity index (χ4v) is 4.00. The van der Waals surface area contributed by atoms with Gasteiger partial charge in [-0.05, 0) is 38.8 Å². The Morgan fingerprint density at radius 1 is 0.957 bits per heavy atom. The summed E-state index contributed by atoms with van der Waals surface area (Å²) in [6, 6.07) is 5.98. The lowest BCUT2D eigenvalue weighted by Crippen LogP contribution is -2.46. The van der Waals surface area contributed by atoms with Gasteiger partial charge < -0.3 is 19.5 Å². The Morgan fingerprint density at radius 3 is 2.09 bits per heavy atom. The van der Waals surface area contributed by atoms with Crippen molar-refractivity contribution in [3.8, 4) is 17.2 Å². The summed E-state index contributed by atoms with van der Waals surface area (Å²) in [5.74, 6) is 2.31. The molecular formula is C18H28N2O3. The molecule has 5 nitrogen and oxygen atoms in total. The van der Waals surface area contributed by atoms with Gasteiger partial charge in [0, 0.05) is 36.3 Å². The molecule has 0 saturated carbocycles. The van der Waals surface area contributed by atoms with Crippen LogP contribution < -0.4 is 19.5 Å². The summed E-state index contributed by atoms with van der Waals surface area (Å²) in [5, 5.41) is 3.71. The summed E-state index contributed by atoms with van der Waals surface area (Å²) in [7, 11) is 7.23. The van der Waals surface area contributed by atoms with Crippen molar-refractivity contribution in [1.82, 2.24) is 10.2 Å². The van der Waals surface area contributed by atoms with Crippen molar-refractivity contribution in [2.45, 2.75) is 50.4 Å². The zero-order chi connectivity index (χ0) is 16.4. The van der Waals surface area contributed by atoms with Crippen molar-refractivity contribution < 1.29 is 14.2 Å². The molecule has 2 unspecified atom stereocenters. The quantitative estimate of drug-likeness (QED) is 0.872. The minimum absolute atomic E-state index is 0.631. The minimum Gasteiger partial charge on any atom is -0.496 e. The summed E-state index contributed by atoms with van der Waals surface area (Å²) in [6.07, 6.45) is 5.13. The lowest BCUT2D eigenvalue weighted by atomic mass is 9.98. The third-order valence-electron chi connectivity index (χ3n) is 5.28. The molecule has 5 heteroatoms.